The van der Waals surface area contributed by atoms with Crippen LogP contribution in [0.3, 0.4) is 0 Å². The van der Waals surface area contributed by atoms with E-state index < -0.39 is 4.92 Å². The number of hydrogen-bond acceptors (Lipinski definition) is 5. The second-order valence-corrected chi connectivity index (χ2v) is 3.80. The highest BCUT2D eigenvalue weighted by Gasteiger charge is 2.14. The first kappa shape index (κ1) is 14.2. The molecule has 0 bridgehead atoms. The number of nitro groups is 1. The summed E-state index contributed by atoms with van der Waals surface area (Å²) < 4.78 is 5.26. The van der Waals surface area contributed by atoms with Gasteiger partial charge in [-0.15, -0.1) is 0 Å². The Bertz CT molecular complexity index is 396. The number of nitro benzene ring substituents is 1. The zero-order chi connectivity index (χ0) is 13.4. The van der Waals surface area contributed by atoms with E-state index in [2.05, 4.69) is 5.32 Å². The molecule has 0 heterocycles. The van der Waals surface area contributed by atoms with E-state index in [0.717, 1.165) is 25.1 Å². The lowest BCUT2D eigenvalue weighted by Gasteiger charge is -2.09. The van der Waals surface area contributed by atoms with Gasteiger partial charge in [0.15, 0.2) is 5.75 Å². The molecule has 1 aromatic carbocycles. The summed E-state index contributed by atoms with van der Waals surface area (Å²) in [5, 5.41) is 14.0. The quantitative estimate of drug-likeness (QED) is 0.421. The third-order valence-electron chi connectivity index (χ3n) is 2.42. The van der Waals surface area contributed by atoms with Gasteiger partial charge in [-0.25, -0.2) is 0 Å². The molecule has 0 saturated carbocycles. The number of nitrogens with one attached hydrogen (secondary N) is 1. The van der Waals surface area contributed by atoms with Gasteiger partial charge in [-0.3, -0.25) is 10.1 Å². The molecule has 0 spiro atoms. The molecule has 0 unspecified atom stereocenters. The van der Waals surface area contributed by atoms with Crippen LogP contribution in [0.15, 0.2) is 18.2 Å². The molecule has 18 heavy (non-hydrogen) atoms. The van der Waals surface area contributed by atoms with Gasteiger partial charge in [0.2, 0.25) is 0 Å². The summed E-state index contributed by atoms with van der Waals surface area (Å²) in [5.41, 5.74) is 6.21. The predicted molar refractivity (Wildman–Crippen MR) is 71.0 cm³/mol. The number of ether oxygens (including phenoxy) is 1. The normalized spacial score (nSPS) is 10.1. The molecule has 0 fully saturated rings. The fraction of sp³-hybridized carbons (Fsp3) is 0.500. The van der Waals surface area contributed by atoms with Gasteiger partial charge in [-0.1, -0.05) is 0 Å². The second-order valence-electron chi connectivity index (χ2n) is 3.80. The zero-order valence-corrected chi connectivity index (χ0v) is 10.5. The molecule has 0 aliphatic carbocycles. The molecule has 0 aromatic heterocycles. The molecule has 0 amide bonds. The molecular weight excluding hydrogens is 234 g/mol. The first-order chi connectivity index (χ1) is 8.69. The number of hydrogen-bond donors (Lipinski definition) is 2. The Morgan fingerprint density at radius 2 is 2.22 bits per heavy atom. The van der Waals surface area contributed by atoms with Crippen LogP contribution in [0, 0.1) is 10.1 Å². The summed E-state index contributed by atoms with van der Waals surface area (Å²) in [6.45, 7) is 3.66. The van der Waals surface area contributed by atoms with Gasteiger partial charge in [0.05, 0.1) is 11.5 Å². The van der Waals surface area contributed by atoms with Crippen molar-refractivity contribution in [3.8, 4) is 5.75 Å². The van der Waals surface area contributed by atoms with Crippen LogP contribution in [0.4, 0.5) is 11.4 Å². The van der Waals surface area contributed by atoms with Gasteiger partial charge in [-0.05, 0) is 32.4 Å². The predicted octanol–water partition coefficient (Wildman–Crippen LogP) is 2.14. The van der Waals surface area contributed by atoms with Gasteiger partial charge >= 0.3 is 5.69 Å². The molecule has 1 aromatic rings. The van der Waals surface area contributed by atoms with Crippen molar-refractivity contribution < 1.29 is 9.66 Å². The molecule has 0 aliphatic heterocycles. The molecule has 0 atom stereocenters. The van der Waals surface area contributed by atoms with Crippen molar-refractivity contribution in [1.82, 2.24) is 0 Å². The summed E-state index contributed by atoms with van der Waals surface area (Å²) >= 11 is 0. The summed E-state index contributed by atoms with van der Waals surface area (Å²) in [6.07, 6.45) is 1.93. The Kier molecular flexibility index (Phi) is 5.93. The SMILES string of the molecule is CCOc1cc(NCCCCN)ccc1[N+](=O)[O-]. The van der Waals surface area contributed by atoms with E-state index in [1.165, 1.54) is 6.07 Å². The first-order valence-corrected chi connectivity index (χ1v) is 6.04. The molecule has 0 aliphatic rings. The van der Waals surface area contributed by atoms with E-state index in [-0.39, 0.29) is 5.69 Å². The Balaban J connectivity index is 2.70. The van der Waals surface area contributed by atoms with Crippen molar-refractivity contribution in [2.45, 2.75) is 19.8 Å². The maximum atomic E-state index is 10.8. The van der Waals surface area contributed by atoms with Crippen LogP contribution < -0.4 is 15.8 Å². The monoisotopic (exact) mass is 253 g/mol. The molecule has 6 heteroatoms. The Labute approximate surface area is 106 Å². The van der Waals surface area contributed by atoms with E-state index in [1.54, 1.807) is 19.1 Å². The van der Waals surface area contributed by atoms with Crippen LogP contribution in [0.5, 0.6) is 5.75 Å². The summed E-state index contributed by atoms with van der Waals surface area (Å²) in [5.74, 6) is 0.298. The minimum Gasteiger partial charge on any atom is -0.487 e. The molecular formula is C12H19N3O3. The average molecular weight is 253 g/mol. The van der Waals surface area contributed by atoms with Crippen LogP contribution in [0.2, 0.25) is 0 Å². The Morgan fingerprint density at radius 1 is 1.44 bits per heavy atom. The van der Waals surface area contributed by atoms with Crippen LogP contribution in [0.25, 0.3) is 0 Å². The third-order valence-corrected chi connectivity index (χ3v) is 2.42. The van der Waals surface area contributed by atoms with E-state index in [4.69, 9.17) is 10.5 Å². The molecule has 100 valence electrons. The first-order valence-electron chi connectivity index (χ1n) is 6.04. The summed E-state index contributed by atoms with van der Waals surface area (Å²) in [7, 11) is 0. The largest absolute Gasteiger partial charge is 0.487 e. The third kappa shape index (κ3) is 4.21. The van der Waals surface area contributed by atoms with Crippen molar-refractivity contribution in [2.24, 2.45) is 5.73 Å². The van der Waals surface area contributed by atoms with Crippen LogP contribution >= 0.6 is 0 Å². The lowest BCUT2D eigenvalue weighted by Crippen LogP contribution is -2.06. The number of rotatable bonds is 8. The maximum absolute atomic E-state index is 10.8. The molecule has 0 saturated heterocycles. The van der Waals surface area contributed by atoms with Crippen LogP contribution in [-0.4, -0.2) is 24.6 Å². The number of anilines is 1. The second kappa shape index (κ2) is 7.50. The van der Waals surface area contributed by atoms with Crippen molar-refractivity contribution in [3.05, 3.63) is 28.3 Å². The van der Waals surface area contributed by atoms with Gasteiger partial charge in [0.25, 0.3) is 0 Å². The topological polar surface area (TPSA) is 90.4 Å². The highest BCUT2D eigenvalue weighted by molar-refractivity contribution is 5.57. The minimum atomic E-state index is -0.441. The van der Waals surface area contributed by atoms with Crippen LogP contribution in [-0.2, 0) is 0 Å². The smallest absolute Gasteiger partial charge is 0.311 e. The summed E-state index contributed by atoms with van der Waals surface area (Å²) in [6, 6.07) is 4.80. The van der Waals surface area contributed by atoms with Crippen molar-refractivity contribution in [2.75, 3.05) is 25.0 Å². The number of nitrogens with zero attached hydrogens (tertiary/aromatic N) is 1. The van der Waals surface area contributed by atoms with Crippen molar-refractivity contribution in [1.29, 1.82) is 0 Å². The number of benzene rings is 1. The average Bonchev–Trinajstić information content (AvgIpc) is 2.35. The number of unbranched alkanes of at least 4 members (excludes halogenated alkanes) is 1. The Morgan fingerprint density at radius 3 is 2.83 bits per heavy atom. The lowest BCUT2D eigenvalue weighted by atomic mass is 10.2. The lowest BCUT2D eigenvalue weighted by molar-refractivity contribution is -0.385. The highest BCUT2D eigenvalue weighted by Crippen LogP contribution is 2.29. The van der Waals surface area contributed by atoms with E-state index in [9.17, 15) is 10.1 Å². The highest BCUT2D eigenvalue weighted by atomic mass is 16.6. The van der Waals surface area contributed by atoms with Gasteiger partial charge in [-0.2, -0.15) is 0 Å². The fourth-order valence-electron chi connectivity index (χ4n) is 1.55. The molecule has 0 radical (unpaired) electrons. The van der Waals surface area contributed by atoms with Crippen molar-refractivity contribution >= 4 is 11.4 Å². The van der Waals surface area contributed by atoms with Gasteiger partial charge in [0.1, 0.15) is 0 Å². The fourth-order valence-corrected chi connectivity index (χ4v) is 1.55. The maximum Gasteiger partial charge on any atom is 0.311 e. The van der Waals surface area contributed by atoms with Gasteiger partial charge in [0, 0.05) is 24.4 Å². The van der Waals surface area contributed by atoms with Gasteiger partial charge < -0.3 is 15.8 Å². The van der Waals surface area contributed by atoms with E-state index >= 15 is 0 Å². The van der Waals surface area contributed by atoms with Crippen LogP contribution in [0.1, 0.15) is 19.8 Å². The molecule has 3 N–H and O–H groups in total. The zero-order valence-electron chi connectivity index (χ0n) is 10.5. The van der Waals surface area contributed by atoms with Crippen molar-refractivity contribution in [3.63, 3.8) is 0 Å². The Hall–Kier alpha value is -1.82. The molecule has 1 rings (SSSR count). The number of nitrogens with two attached hydrogens (primary N) is 1. The minimum absolute atomic E-state index is 0.00985. The van der Waals surface area contributed by atoms with E-state index in [1.807, 2.05) is 0 Å². The molecule has 6 nitrogen and oxygen atoms in total. The summed E-state index contributed by atoms with van der Waals surface area (Å²) in [4.78, 5) is 10.4. The standard InChI is InChI=1S/C12H19N3O3/c1-2-18-12-9-10(14-8-4-3-7-13)5-6-11(12)15(16)17/h5-6,9,14H,2-4,7-8,13H2,1H3. The van der Waals surface area contributed by atoms with E-state index in [0.29, 0.717) is 18.9 Å².